The summed E-state index contributed by atoms with van der Waals surface area (Å²) in [4.78, 5) is 4.91. The molecule has 0 atom stereocenters. The molecule has 0 aliphatic rings. The molecule has 8 rings (SSSR count). The Hall–Kier alpha value is -4.25. The van der Waals surface area contributed by atoms with Gasteiger partial charge in [-0.25, -0.2) is 4.98 Å². The van der Waals surface area contributed by atoms with Gasteiger partial charge in [-0.1, -0.05) is 50.6 Å². The van der Waals surface area contributed by atoms with Crippen LogP contribution in [0.25, 0.3) is 53.5 Å². The van der Waals surface area contributed by atoms with Crippen LogP contribution in [0.5, 0.6) is 11.5 Å². The summed E-state index contributed by atoms with van der Waals surface area (Å²) in [5.41, 5.74) is 4.07. The van der Waals surface area contributed by atoms with Crippen molar-refractivity contribution >= 4 is 53.3 Å². The standard InChI is InChI=1S/C36H26N4OS.Pt/c1-36(2,3)23-16-18-37-33(20-23)40-30-22-26(41-25-9-6-8-24(21-25)39-19-7-17-38-39)12-13-27(30)28-14-15-32-34(35(28)40)29-10-4-5-11-31(29)42-32;/h4-20H,1-3H3;/q-2;+2. The van der Waals surface area contributed by atoms with Crippen LogP contribution in [0.4, 0.5) is 0 Å². The summed E-state index contributed by atoms with van der Waals surface area (Å²) in [7, 11) is 0. The molecule has 8 aromatic rings. The average molecular weight is 758 g/mol. The van der Waals surface area contributed by atoms with E-state index < -0.39 is 0 Å². The van der Waals surface area contributed by atoms with Crippen molar-refractivity contribution in [2.45, 2.75) is 26.2 Å². The first-order valence-corrected chi connectivity index (χ1v) is 14.7. The summed E-state index contributed by atoms with van der Waals surface area (Å²) in [6, 6.07) is 36.1. The van der Waals surface area contributed by atoms with E-state index >= 15 is 0 Å². The zero-order valence-corrected chi connectivity index (χ0v) is 26.8. The SMILES string of the molecule is CC(C)(C)c1ccnc(-n2c3[c-]c(Oc4[c-]c(-n5cccn5)ccc4)ccc3c3ccc4sc5ccccc5c4c32)c1.[Pt+2]. The van der Waals surface area contributed by atoms with Gasteiger partial charge in [-0.3, -0.25) is 4.68 Å². The number of nitrogens with zero attached hydrogens (tertiary/aromatic N) is 4. The zero-order valence-electron chi connectivity index (χ0n) is 23.7. The van der Waals surface area contributed by atoms with Gasteiger partial charge < -0.3 is 9.30 Å². The average Bonchev–Trinajstić information content (AvgIpc) is 3.73. The fraction of sp³-hybridized carbons (Fsp3) is 0.111. The normalized spacial score (nSPS) is 11.9. The van der Waals surface area contributed by atoms with Crippen LogP contribution >= 0.6 is 11.3 Å². The van der Waals surface area contributed by atoms with Gasteiger partial charge in [-0.05, 0) is 52.4 Å². The Bertz CT molecular complexity index is 2280. The predicted octanol–water partition coefficient (Wildman–Crippen LogP) is 9.42. The van der Waals surface area contributed by atoms with Crippen molar-refractivity contribution in [3.8, 4) is 23.0 Å². The Morgan fingerprint density at radius 3 is 2.44 bits per heavy atom. The van der Waals surface area contributed by atoms with E-state index in [1.807, 2.05) is 54.1 Å². The molecule has 5 nitrogen and oxygen atoms in total. The monoisotopic (exact) mass is 757 g/mol. The van der Waals surface area contributed by atoms with Gasteiger partial charge >= 0.3 is 21.1 Å². The van der Waals surface area contributed by atoms with Gasteiger partial charge in [0.1, 0.15) is 5.82 Å². The molecule has 0 saturated carbocycles. The molecule has 4 heterocycles. The van der Waals surface area contributed by atoms with E-state index in [1.54, 1.807) is 10.9 Å². The Labute approximate surface area is 267 Å². The van der Waals surface area contributed by atoms with Crippen molar-refractivity contribution in [1.29, 1.82) is 0 Å². The van der Waals surface area contributed by atoms with Gasteiger partial charge in [-0.2, -0.15) is 17.2 Å². The second kappa shape index (κ2) is 10.5. The van der Waals surface area contributed by atoms with Crippen molar-refractivity contribution in [3.05, 3.63) is 121 Å². The van der Waals surface area contributed by atoms with Crippen molar-refractivity contribution in [3.63, 3.8) is 0 Å². The van der Waals surface area contributed by atoms with E-state index in [2.05, 4.69) is 97.2 Å². The molecule has 7 heteroatoms. The zero-order chi connectivity index (χ0) is 28.4. The minimum Gasteiger partial charge on any atom is -0.509 e. The minimum absolute atomic E-state index is 0. The maximum absolute atomic E-state index is 6.35. The molecule has 4 aromatic heterocycles. The number of ether oxygens (including phenoxy) is 1. The Morgan fingerprint density at radius 2 is 1.60 bits per heavy atom. The van der Waals surface area contributed by atoms with E-state index in [-0.39, 0.29) is 26.5 Å². The number of aromatic nitrogens is 4. The summed E-state index contributed by atoms with van der Waals surface area (Å²) in [6.07, 6.45) is 5.55. The molecule has 0 bridgehead atoms. The van der Waals surface area contributed by atoms with Gasteiger partial charge in [0.2, 0.25) is 0 Å². The van der Waals surface area contributed by atoms with Crippen LogP contribution in [-0.2, 0) is 26.5 Å². The van der Waals surface area contributed by atoms with Crippen molar-refractivity contribution in [2.75, 3.05) is 0 Å². The fourth-order valence-corrected chi connectivity index (χ4v) is 6.78. The van der Waals surface area contributed by atoms with Crippen molar-refractivity contribution in [2.24, 2.45) is 0 Å². The van der Waals surface area contributed by atoms with Crippen LogP contribution in [0.3, 0.4) is 0 Å². The van der Waals surface area contributed by atoms with Gasteiger partial charge in [0, 0.05) is 50.3 Å². The number of hydrogen-bond donors (Lipinski definition) is 0. The molecule has 0 saturated heterocycles. The molecular weight excluding hydrogens is 732 g/mol. The smallest absolute Gasteiger partial charge is 0.509 e. The van der Waals surface area contributed by atoms with Crippen molar-refractivity contribution in [1.82, 2.24) is 19.3 Å². The van der Waals surface area contributed by atoms with Crippen molar-refractivity contribution < 1.29 is 25.8 Å². The number of fused-ring (bicyclic) bond motifs is 7. The Balaban J connectivity index is 0.00000300. The number of benzene rings is 4. The summed E-state index contributed by atoms with van der Waals surface area (Å²) in [5.74, 6) is 2.07. The predicted molar refractivity (Wildman–Crippen MR) is 171 cm³/mol. The van der Waals surface area contributed by atoms with Gasteiger partial charge in [-0.15, -0.1) is 47.1 Å². The molecule has 212 valence electrons. The van der Waals surface area contributed by atoms with E-state index in [0.29, 0.717) is 11.5 Å². The molecular formula is C36H26N4OPtS. The third kappa shape index (κ3) is 4.66. The minimum atomic E-state index is -0.0196. The maximum atomic E-state index is 6.35. The van der Waals surface area contributed by atoms with E-state index in [4.69, 9.17) is 9.72 Å². The van der Waals surface area contributed by atoms with E-state index in [9.17, 15) is 0 Å². The van der Waals surface area contributed by atoms with Gasteiger partial charge in [0.15, 0.2) is 0 Å². The van der Waals surface area contributed by atoms with Crippen LogP contribution in [-0.4, -0.2) is 19.3 Å². The topological polar surface area (TPSA) is 44.9 Å². The van der Waals surface area contributed by atoms with E-state index in [0.717, 1.165) is 27.9 Å². The third-order valence-corrected chi connectivity index (χ3v) is 8.85. The quantitative estimate of drug-likeness (QED) is 0.168. The molecule has 0 N–H and O–H groups in total. The van der Waals surface area contributed by atoms with Crippen LogP contribution in [0, 0.1) is 12.1 Å². The number of rotatable bonds is 4. The first kappa shape index (κ1) is 27.6. The second-order valence-corrected chi connectivity index (χ2v) is 12.5. The van der Waals surface area contributed by atoms with Crippen LogP contribution < -0.4 is 4.74 Å². The van der Waals surface area contributed by atoms with Crippen LogP contribution in [0.2, 0.25) is 0 Å². The van der Waals surface area contributed by atoms with Crippen LogP contribution in [0.1, 0.15) is 26.3 Å². The molecule has 0 fully saturated rings. The fourth-order valence-electron chi connectivity index (χ4n) is 5.67. The first-order valence-electron chi connectivity index (χ1n) is 13.9. The maximum Gasteiger partial charge on any atom is 2.00 e. The molecule has 4 aromatic carbocycles. The summed E-state index contributed by atoms with van der Waals surface area (Å²) in [5, 5.41) is 9.08. The molecule has 0 aliphatic carbocycles. The number of hydrogen-bond acceptors (Lipinski definition) is 4. The summed E-state index contributed by atoms with van der Waals surface area (Å²) >= 11 is 1.82. The first-order chi connectivity index (χ1) is 20.4. The van der Waals surface area contributed by atoms with Crippen LogP contribution in [0.15, 0.2) is 104 Å². The molecule has 0 unspecified atom stereocenters. The van der Waals surface area contributed by atoms with Gasteiger partial charge in [0.05, 0.1) is 5.52 Å². The Kier molecular flexibility index (Phi) is 6.72. The molecule has 0 aliphatic heterocycles. The molecule has 0 spiro atoms. The summed E-state index contributed by atoms with van der Waals surface area (Å²) in [6.45, 7) is 6.69. The second-order valence-electron chi connectivity index (χ2n) is 11.5. The molecule has 0 amide bonds. The van der Waals surface area contributed by atoms with Gasteiger partial charge in [0.25, 0.3) is 0 Å². The molecule has 0 radical (unpaired) electrons. The number of thiophene rings is 1. The Morgan fingerprint density at radius 1 is 0.767 bits per heavy atom. The molecule has 43 heavy (non-hydrogen) atoms. The van der Waals surface area contributed by atoms with E-state index in [1.165, 1.54) is 31.1 Å². The summed E-state index contributed by atoms with van der Waals surface area (Å²) < 4.78 is 12.9. The number of pyridine rings is 1. The largest absolute Gasteiger partial charge is 2.00 e. The third-order valence-electron chi connectivity index (χ3n) is 7.72.